The summed E-state index contributed by atoms with van der Waals surface area (Å²) in [5.41, 5.74) is -2.73. The fourth-order valence-electron chi connectivity index (χ4n) is 3.06. The molecule has 34 heavy (non-hydrogen) atoms. The summed E-state index contributed by atoms with van der Waals surface area (Å²) in [7, 11) is 0. The highest BCUT2D eigenvalue weighted by Gasteiger charge is 2.65. The molecule has 0 heterocycles. The lowest BCUT2D eigenvalue weighted by Gasteiger charge is -2.18. The van der Waals surface area contributed by atoms with Crippen LogP contribution in [0.2, 0.25) is 5.02 Å². The largest absolute Gasteiger partial charge is 0.573 e. The Balaban J connectivity index is 2.26. The van der Waals surface area contributed by atoms with Gasteiger partial charge in [-0.3, -0.25) is 4.79 Å². The van der Waals surface area contributed by atoms with Crippen molar-refractivity contribution >= 4 is 29.2 Å². The van der Waals surface area contributed by atoms with Gasteiger partial charge in [0.1, 0.15) is 11.6 Å². The average Bonchev–Trinajstić information content (AvgIpc) is 3.21. The van der Waals surface area contributed by atoms with Gasteiger partial charge in [0.2, 0.25) is 5.75 Å². The molecule has 0 aromatic heterocycles. The maximum atomic E-state index is 14.2. The van der Waals surface area contributed by atoms with Crippen LogP contribution >= 0.6 is 23.2 Å². The Morgan fingerprint density at radius 3 is 2.00 bits per heavy atom. The Morgan fingerprint density at radius 2 is 1.53 bits per heavy atom. The smallest absolute Gasteiger partial charge is 0.460 e. The number of hydrogen-bond acceptors (Lipinski definition) is 3. The first-order valence-corrected chi connectivity index (χ1v) is 9.49. The molecule has 1 fully saturated rings. The first-order chi connectivity index (χ1) is 15.1. The molecule has 0 N–H and O–H groups in total. The van der Waals surface area contributed by atoms with Gasteiger partial charge in [-0.05, 0) is 11.3 Å². The molecule has 1 aromatic carbocycles. The highest BCUT2D eigenvalue weighted by atomic mass is 35.5. The van der Waals surface area contributed by atoms with Crippen molar-refractivity contribution in [1.29, 1.82) is 0 Å². The number of halogens is 13. The van der Waals surface area contributed by atoms with Crippen LogP contribution in [0.15, 0.2) is 11.1 Å². The Bertz CT molecular complexity index is 1020. The highest BCUT2D eigenvalue weighted by Crippen LogP contribution is 2.61. The minimum atomic E-state index is -6.03. The number of carbonyl (C=O) groups excluding carboxylic acids is 1. The SMILES string of the molecule is CC1(C)C(C=C(Cl)C(F)(F)C(F)(F)F)C1C(=O)OCc1c(F)c(Cl)c(F)c(OC(F)(F)F)c1F. The van der Waals surface area contributed by atoms with E-state index in [9.17, 15) is 53.1 Å². The molecule has 1 aliphatic carbocycles. The van der Waals surface area contributed by atoms with Gasteiger partial charge >= 0.3 is 24.4 Å². The van der Waals surface area contributed by atoms with Crippen molar-refractivity contribution in [1.82, 2.24) is 0 Å². The van der Waals surface area contributed by atoms with Crippen LogP contribution in [0.5, 0.6) is 5.75 Å². The quantitative estimate of drug-likeness (QED) is 0.160. The number of alkyl halides is 8. The van der Waals surface area contributed by atoms with E-state index in [0.717, 1.165) is 0 Å². The summed E-state index contributed by atoms with van der Waals surface area (Å²) >= 11 is 10.3. The fraction of sp³-hybridized carbons (Fsp3) is 0.500. The number of ether oxygens (including phenoxy) is 2. The average molecular weight is 555 g/mol. The molecule has 0 amide bonds. The lowest BCUT2D eigenvalue weighted by Crippen LogP contribution is -2.36. The van der Waals surface area contributed by atoms with Crippen molar-refractivity contribution < 1.29 is 62.6 Å². The topological polar surface area (TPSA) is 35.5 Å². The zero-order chi connectivity index (χ0) is 26.6. The molecule has 3 nitrogen and oxygen atoms in total. The van der Waals surface area contributed by atoms with Gasteiger partial charge in [-0.15, -0.1) is 13.2 Å². The summed E-state index contributed by atoms with van der Waals surface area (Å²) in [6.07, 6.45) is -11.3. The second kappa shape index (κ2) is 8.92. The first-order valence-electron chi connectivity index (χ1n) is 8.74. The third-order valence-corrected chi connectivity index (χ3v) is 5.73. The summed E-state index contributed by atoms with van der Waals surface area (Å²) in [6.45, 7) is 1.06. The van der Waals surface area contributed by atoms with E-state index < -0.39 is 87.1 Å². The van der Waals surface area contributed by atoms with Gasteiger partial charge in [0.25, 0.3) is 0 Å². The number of esters is 1. The highest BCUT2D eigenvalue weighted by molar-refractivity contribution is 6.31. The second-order valence-electron chi connectivity index (χ2n) is 7.63. The third kappa shape index (κ3) is 5.31. The maximum Gasteiger partial charge on any atom is 0.573 e. The van der Waals surface area contributed by atoms with Crippen molar-refractivity contribution in [2.24, 2.45) is 17.3 Å². The molecule has 0 bridgehead atoms. The van der Waals surface area contributed by atoms with Crippen LogP contribution < -0.4 is 4.74 Å². The maximum absolute atomic E-state index is 14.2. The summed E-state index contributed by atoms with van der Waals surface area (Å²) in [6, 6.07) is 0. The minimum Gasteiger partial charge on any atom is -0.460 e. The van der Waals surface area contributed by atoms with Crippen LogP contribution in [-0.2, 0) is 16.1 Å². The Labute approximate surface area is 193 Å². The van der Waals surface area contributed by atoms with Gasteiger partial charge in [-0.25, -0.2) is 13.2 Å². The molecule has 0 spiro atoms. The molecular weight excluding hydrogens is 544 g/mol. The summed E-state index contributed by atoms with van der Waals surface area (Å²) < 4.78 is 151. The van der Waals surface area contributed by atoms with E-state index in [1.807, 2.05) is 0 Å². The molecule has 192 valence electrons. The minimum absolute atomic E-state index is 0.284. The lowest BCUT2D eigenvalue weighted by molar-refractivity contribution is -0.276. The van der Waals surface area contributed by atoms with Gasteiger partial charge in [-0.1, -0.05) is 43.1 Å². The molecule has 0 radical (unpaired) electrons. The molecule has 16 heteroatoms. The molecule has 1 aliphatic rings. The van der Waals surface area contributed by atoms with Crippen molar-refractivity contribution in [3.63, 3.8) is 0 Å². The van der Waals surface area contributed by atoms with E-state index in [2.05, 4.69) is 9.47 Å². The van der Waals surface area contributed by atoms with E-state index in [1.165, 1.54) is 13.8 Å². The van der Waals surface area contributed by atoms with Crippen molar-refractivity contribution in [2.75, 3.05) is 0 Å². The summed E-state index contributed by atoms with van der Waals surface area (Å²) in [5, 5.41) is -3.54. The molecule has 2 unspecified atom stereocenters. The van der Waals surface area contributed by atoms with Crippen LogP contribution in [0.3, 0.4) is 0 Å². The summed E-state index contributed by atoms with van der Waals surface area (Å²) in [4.78, 5) is 12.3. The zero-order valence-corrected chi connectivity index (χ0v) is 18.1. The van der Waals surface area contributed by atoms with Crippen LogP contribution in [0.25, 0.3) is 0 Å². The standard InChI is InChI=1S/C18H11Cl2F11O3/c1-15(2)6(3-7(19)16(24,25)17(26,27)28)8(15)14(32)33-4-5-10(21)9(20)12(23)13(11(5)22)34-18(29,30)31/h3,6,8H,4H2,1-2H3. The summed E-state index contributed by atoms with van der Waals surface area (Å²) in [5.74, 6) is -18.0. The van der Waals surface area contributed by atoms with Gasteiger partial charge in [0, 0.05) is 0 Å². The molecule has 1 aromatic rings. The van der Waals surface area contributed by atoms with E-state index in [1.54, 1.807) is 0 Å². The Morgan fingerprint density at radius 1 is 1.00 bits per heavy atom. The third-order valence-electron chi connectivity index (χ3n) is 5.04. The molecule has 1 saturated carbocycles. The van der Waals surface area contributed by atoms with Crippen molar-refractivity contribution in [3.8, 4) is 5.75 Å². The van der Waals surface area contributed by atoms with Gasteiger partial charge in [0.15, 0.2) is 17.5 Å². The number of rotatable bonds is 6. The molecule has 2 rings (SSSR count). The molecule has 0 aliphatic heterocycles. The predicted octanol–water partition coefficient (Wildman–Crippen LogP) is 7.29. The number of hydrogen-bond donors (Lipinski definition) is 0. The second-order valence-corrected chi connectivity index (χ2v) is 8.42. The Hall–Kier alpha value is -1.96. The van der Waals surface area contributed by atoms with Gasteiger partial charge in [-0.2, -0.15) is 22.0 Å². The van der Waals surface area contributed by atoms with Crippen molar-refractivity contribution in [3.05, 3.63) is 39.1 Å². The van der Waals surface area contributed by atoms with E-state index in [4.69, 9.17) is 23.2 Å². The van der Waals surface area contributed by atoms with E-state index in [0.29, 0.717) is 0 Å². The predicted molar refractivity (Wildman–Crippen MR) is 93.5 cm³/mol. The van der Waals surface area contributed by atoms with Gasteiger partial charge < -0.3 is 9.47 Å². The van der Waals surface area contributed by atoms with Crippen LogP contribution in [0, 0.1) is 34.7 Å². The number of carbonyl (C=O) groups is 1. The normalized spacial score (nSPS) is 20.9. The van der Waals surface area contributed by atoms with E-state index >= 15 is 0 Å². The molecular formula is C18H11Cl2F11O3. The number of allylic oxidation sites excluding steroid dienone is 2. The van der Waals surface area contributed by atoms with Crippen LogP contribution in [0.4, 0.5) is 48.3 Å². The van der Waals surface area contributed by atoms with Crippen molar-refractivity contribution in [2.45, 2.75) is 38.9 Å². The lowest BCUT2D eigenvalue weighted by atomic mass is 10.1. The van der Waals surface area contributed by atoms with Crippen LogP contribution in [-0.4, -0.2) is 24.4 Å². The first kappa shape index (κ1) is 28.3. The molecule has 2 atom stereocenters. The van der Waals surface area contributed by atoms with E-state index in [-0.39, 0.29) is 6.08 Å². The monoisotopic (exact) mass is 554 g/mol. The van der Waals surface area contributed by atoms with Crippen LogP contribution in [0.1, 0.15) is 19.4 Å². The fourth-order valence-corrected chi connectivity index (χ4v) is 3.50. The number of benzene rings is 1. The Kier molecular flexibility index (Phi) is 7.42. The molecule has 0 saturated heterocycles. The van der Waals surface area contributed by atoms with Gasteiger partial charge in [0.05, 0.1) is 16.5 Å². The zero-order valence-electron chi connectivity index (χ0n) is 16.6.